The number of halogens is 1. The summed E-state index contributed by atoms with van der Waals surface area (Å²) in [5.41, 5.74) is 0. The minimum Gasteiger partial charge on any atom is -0.357 e. The molecule has 2 fully saturated rings. The van der Waals surface area contributed by atoms with Crippen molar-refractivity contribution in [1.82, 2.24) is 21.3 Å². The number of aliphatic imine (C=N–C) groups is 1. The second-order valence-electron chi connectivity index (χ2n) is 6.55. The third-order valence-electron chi connectivity index (χ3n) is 4.34. The van der Waals surface area contributed by atoms with E-state index in [4.69, 9.17) is 0 Å². The third-order valence-corrected chi connectivity index (χ3v) is 4.34. The minimum absolute atomic E-state index is 0. The molecule has 2 aliphatic rings. The lowest BCUT2D eigenvalue weighted by atomic mass is 10.2. The Morgan fingerprint density at radius 1 is 1.00 bits per heavy atom. The maximum atomic E-state index is 11.9. The molecule has 0 aromatic heterocycles. The molecular formula is C17H32IN5O2. The van der Waals surface area contributed by atoms with Crippen LogP contribution in [0.1, 0.15) is 51.9 Å². The van der Waals surface area contributed by atoms with Crippen molar-refractivity contribution in [2.24, 2.45) is 10.9 Å². The number of carbonyl (C=O) groups is 2. The molecule has 0 spiro atoms. The molecule has 0 bridgehead atoms. The van der Waals surface area contributed by atoms with Crippen LogP contribution in [0, 0.1) is 5.92 Å². The van der Waals surface area contributed by atoms with Crippen molar-refractivity contribution in [1.29, 1.82) is 0 Å². The number of hydrogen-bond donors (Lipinski definition) is 4. The maximum Gasteiger partial charge on any atom is 0.223 e. The van der Waals surface area contributed by atoms with Crippen molar-refractivity contribution in [2.45, 2.75) is 57.9 Å². The lowest BCUT2D eigenvalue weighted by Gasteiger charge is -2.13. The highest BCUT2D eigenvalue weighted by atomic mass is 127. The average molecular weight is 465 g/mol. The zero-order chi connectivity index (χ0) is 17.2. The molecule has 0 saturated heterocycles. The summed E-state index contributed by atoms with van der Waals surface area (Å²) in [5.74, 6) is 1.16. The average Bonchev–Trinajstić information content (AvgIpc) is 3.30. The van der Waals surface area contributed by atoms with E-state index in [1.54, 1.807) is 0 Å². The van der Waals surface area contributed by atoms with Gasteiger partial charge in [0.1, 0.15) is 0 Å². The first-order valence-corrected chi connectivity index (χ1v) is 9.28. The van der Waals surface area contributed by atoms with Crippen LogP contribution in [0.2, 0.25) is 0 Å². The summed E-state index contributed by atoms with van der Waals surface area (Å²) in [6.07, 6.45) is 7.09. The Hall–Kier alpha value is -1.06. The Balaban J connectivity index is 0.00000312. The van der Waals surface area contributed by atoms with E-state index in [0.717, 1.165) is 32.2 Å². The van der Waals surface area contributed by atoms with Crippen molar-refractivity contribution in [3.05, 3.63) is 0 Å². The maximum absolute atomic E-state index is 11.9. The smallest absolute Gasteiger partial charge is 0.223 e. The minimum atomic E-state index is 0. The summed E-state index contributed by atoms with van der Waals surface area (Å²) in [5, 5.41) is 12.3. The molecule has 0 aliphatic heterocycles. The van der Waals surface area contributed by atoms with E-state index in [1.807, 2.05) is 6.92 Å². The lowest BCUT2D eigenvalue weighted by Crippen LogP contribution is -2.42. The number of rotatable bonds is 9. The van der Waals surface area contributed by atoms with E-state index in [0.29, 0.717) is 38.1 Å². The summed E-state index contributed by atoms with van der Waals surface area (Å²) < 4.78 is 0. The van der Waals surface area contributed by atoms with Crippen molar-refractivity contribution in [3.63, 3.8) is 0 Å². The Morgan fingerprint density at radius 3 is 2.32 bits per heavy atom. The summed E-state index contributed by atoms with van der Waals surface area (Å²) in [7, 11) is 0. The van der Waals surface area contributed by atoms with E-state index in [9.17, 15) is 9.59 Å². The molecule has 2 saturated carbocycles. The van der Waals surface area contributed by atoms with Crippen molar-refractivity contribution in [2.75, 3.05) is 26.2 Å². The van der Waals surface area contributed by atoms with Crippen molar-refractivity contribution in [3.8, 4) is 0 Å². The molecule has 0 aromatic rings. The van der Waals surface area contributed by atoms with Gasteiger partial charge in [-0.15, -0.1) is 24.0 Å². The van der Waals surface area contributed by atoms with E-state index in [-0.39, 0.29) is 41.7 Å². The van der Waals surface area contributed by atoms with Crippen LogP contribution in [0.4, 0.5) is 0 Å². The molecule has 0 aromatic carbocycles. The van der Waals surface area contributed by atoms with Gasteiger partial charge in [-0.2, -0.15) is 0 Å². The summed E-state index contributed by atoms with van der Waals surface area (Å²) in [6.45, 7) is 4.43. The number of amides is 2. The second kappa shape index (κ2) is 12.3. The molecule has 0 heterocycles. The van der Waals surface area contributed by atoms with Crippen LogP contribution in [-0.2, 0) is 9.59 Å². The van der Waals surface area contributed by atoms with Gasteiger partial charge in [0.05, 0.1) is 6.54 Å². The summed E-state index contributed by atoms with van der Waals surface area (Å²) in [6, 6.07) is 0.364. The van der Waals surface area contributed by atoms with Gasteiger partial charge in [0, 0.05) is 38.0 Å². The quantitative estimate of drug-likeness (QED) is 0.178. The van der Waals surface area contributed by atoms with Gasteiger partial charge in [0.15, 0.2) is 5.96 Å². The van der Waals surface area contributed by atoms with E-state index >= 15 is 0 Å². The van der Waals surface area contributed by atoms with Crippen LogP contribution in [0.5, 0.6) is 0 Å². The van der Waals surface area contributed by atoms with Gasteiger partial charge in [-0.25, -0.2) is 0 Å². The highest BCUT2D eigenvalue weighted by Gasteiger charge is 2.28. The van der Waals surface area contributed by atoms with Gasteiger partial charge < -0.3 is 21.3 Å². The zero-order valence-corrected chi connectivity index (χ0v) is 17.4. The molecule has 0 radical (unpaired) electrons. The van der Waals surface area contributed by atoms with E-state index in [2.05, 4.69) is 26.3 Å². The first-order valence-electron chi connectivity index (χ1n) is 9.28. The second-order valence-corrected chi connectivity index (χ2v) is 6.55. The Kier molecular flexibility index (Phi) is 10.8. The SMILES string of the molecule is CCNC(=NCCC(=O)NC1CCCC1)NCCNC(=O)C1CC1.I. The fourth-order valence-corrected chi connectivity index (χ4v) is 2.84. The predicted molar refractivity (Wildman–Crippen MR) is 110 cm³/mol. The Morgan fingerprint density at radius 2 is 1.68 bits per heavy atom. The van der Waals surface area contributed by atoms with Crippen molar-refractivity contribution >= 4 is 41.8 Å². The van der Waals surface area contributed by atoms with Gasteiger partial charge >= 0.3 is 0 Å². The van der Waals surface area contributed by atoms with Gasteiger partial charge in [-0.1, -0.05) is 12.8 Å². The standard InChI is InChI=1S/C17H31N5O2.HI/c1-2-18-17(21-12-11-19-16(24)13-7-8-13)20-10-9-15(23)22-14-5-3-4-6-14;/h13-14H,2-12H2,1H3,(H,19,24)(H,22,23)(H2,18,20,21);1H. The van der Waals surface area contributed by atoms with E-state index < -0.39 is 0 Å². The lowest BCUT2D eigenvalue weighted by molar-refractivity contribution is -0.122. The first kappa shape index (κ1) is 22.0. The van der Waals surface area contributed by atoms with Crippen molar-refractivity contribution < 1.29 is 9.59 Å². The van der Waals surface area contributed by atoms with Crippen LogP contribution < -0.4 is 21.3 Å². The van der Waals surface area contributed by atoms with Gasteiger partial charge in [0.2, 0.25) is 11.8 Å². The fraction of sp³-hybridized carbons (Fsp3) is 0.824. The normalized spacial score (nSPS) is 17.6. The summed E-state index contributed by atoms with van der Waals surface area (Å²) >= 11 is 0. The topological polar surface area (TPSA) is 94.6 Å². The van der Waals surface area contributed by atoms with Crippen LogP contribution in [0.3, 0.4) is 0 Å². The fourth-order valence-electron chi connectivity index (χ4n) is 2.84. The molecule has 4 N–H and O–H groups in total. The summed E-state index contributed by atoms with van der Waals surface area (Å²) in [4.78, 5) is 27.8. The number of hydrogen-bond acceptors (Lipinski definition) is 3. The Labute approximate surface area is 167 Å². The molecule has 144 valence electrons. The van der Waals surface area contributed by atoms with Crippen LogP contribution in [0.25, 0.3) is 0 Å². The van der Waals surface area contributed by atoms with Crippen LogP contribution in [0.15, 0.2) is 4.99 Å². The molecule has 7 nitrogen and oxygen atoms in total. The number of guanidine groups is 1. The monoisotopic (exact) mass is 465 g/mol. The number of carbonyl (C=O) groups excluding carboxylic acids is 2. The molecule has 25 heavy (non-hydrogen) atoms. The molecule has 8 heteroatoms. The largest absolute Gasteiger partial charge is 0.357 e. The molecule has 0 unspecified atom stereocenters. The number of nitrogens with zero attached hydrogens (tertiary/aromatic N) is 1. The Bertz CT molecular complexity index is 448. The van der Waals surface area contributed by atoms with Gasteiger partial charge in [-0.3, -0.25) is 14.6 Å². The molecular weight excluding hydrogens is 433 g/mol. The zero-order valence-electron chi connectivity index (χ0n) is 15.1. The predicted octanol–water partition coefficient (Wildman–Crippen LogP) is 1.13. The third kappa shape index (κ3) is 9.27. The highest BCUT2D eigenvalue weighted by molar-refractivity contribution is 14.0. The van der Waals surface area contributed by atoms with Gasteiger partial charge in [-0.05, 0) is 32.6 Å². The van der Waals surface area contributed by atoms with Gasteiger partial charge in [0.25, 0.3) is 0 Å². The molecule has 0 atom stereocenters. The van der Waals surface area contributed by atoms with Crippen LogP contribution >= 0.6 is 24.0 Å². The molecule has 2 rings (SSSR count). The molecule has 2 amide bonds. The van der Waals surface area contributed by atoms with Crippen LogP contribution in [-0.4, -0.2) is 50.0 Å². The number of nitrogens with one attached hydrogen (secondary N) is 4. The molecule has 2 aliphatic carbocycles. The van der Waals surface area contributed by atoms with E-state index in [1.165, 1.54) is 12.8 Å². The highest BCUT2D eigenvalue weighted by Crippen LogP contribution is 2.28. The first-order chi connectivity index (χ1) is 11.7.